The number of rotatable bonds is 7. The fourth-order valence-corrected chi connectivity index (χ4v) is 2.76. The van der Waals surface area contributed by atoms with Crippen molar-refractivity contribution in [2.45, 2.75) is 52.5 Å². The molecule has 1 amide bonds. The Balaban J connectivity index is 2.08. The lowest BCUT2D eigenvalue weighted by Gasteiger charge is -2.20. The van der Waals surface area contributed by atoms with Crippen LogP contribution in [0.15, 0.2) is 41.0 Å². The van der Waals surface area contributed by atoms with Gasteiger partial charge < -0.3 is 9.73 Å². The summed E-state index contributed by atoms with van der Waals surface area (Å²) in [7, 11) is 0. The Kier molecular flexibility index (Phi) is 6.21. The summed E-state index contributed by atoms with van der Waals surface area (Å²) in [6.45, 7) is 10.8. The normalized spacial score (nSPS) is 12.6. The molecule has 0 unspecified atom stereocenters. The van der Waals surface area contributed by atoms with E-state index >= 15 is 0 Å². The van der Waals surface area contributed by atoms with Crippen LogP contribution in [0.3, 0.4) is 0 Å². The summed E-state index contributed by atoms with van der Waals surface area (Å²) in [4.78, 5) is 12.4. The number of anilines is 1. The molecule has 0 bridgehead atoms. The van der Waals surface area contributed by atoms with Gasteiger partial charge in [0.2, 0.25) is 5.91 Å². The minimum atomic E-state index is -0.0385. The molecule has 0 fully saturated rings. The van der Waals surface area contributed by atoms with Gasteiger partial charge in [-0.2, -0.15) is 0 Å². The fraction of sp³-hybridized carbons (Fsp3) is 0.450. The van der Waals surface area contributed by atoms with Crippen LogP contribution >= 0.6 is 0 Å². The van der Waals surface area contributed by atoms with Crippen LogP contribution in [0.2, 0.25) is 0 Å². The highest BCUT2D eigenvalue weighted by Gasteiger charge is 2.16. The molecule has 1 aromatic carbocycles. The molecular weight excluding hydrogens is 300 g/mol. The molecule has 2 rings (SSSR count). The van der Waals surface area contributed by atoms with Crippen molar-refractivity contribution in [2.75, 3.05) is 11.9 Å². The van der Waals surface area contributed by atoms with E-state index < -0.39 is 0 Å². The van der Waals surface area contributed by atoms with E-state index in [2.05, 4.69) is 56.5 Å². The number of hydrogen-bond acceptors (Lipinski definition) is 3. The van der Waals surface area contributed by atoms with Crippen molar-refractivity contribution >= 4 is 11.6 Å². The van der Waals surface area contributed by atoms with Crippen LogP contribution in [0.5, 0.6) is 0 Å². The zero-order chi connectivity index (χ0) is 17.7. The molecule has 1 aromatic heterocycles. The molecule has 0 saturated heterocycles. The first kappa shape index (κ1) is 18.3. The topological polar surface area (TPSA) is 54.3 Å². The van der Waals surface area contributed by atoms with Crippen LogP contribution < -0.4 is 10.6 Å². The number of carbonyl (C=O) groups excluding carboxylic acids is 1. The van der Waals surface area contributed by atoms with Crippen LogP contribution in [0.25, 0.3) is 0 Å². The molecule has 2 N–H and O–H groups in total. The number of para-hydroxylation sites is 1. The molecule has 1 heterocycles. The number of furan rings is 1. The molecular formula is C20H28N2O2. The molecule has 4 heteroatoms. The third-order valence-electron chi connectivity index (χ3n) is 4.18. The number of carbonyl (C=O) groups is 1. The number of nitrogens with one attached hydrogen (secondary N) is 2. The summed E-state index contributed by atoms with van der Waals surface area (Å²) in [5.41, 5.74) is 3.31. The molecule has 0 spiro atoms. The van der Waals surface area contributed by atoms with E-state index in [1.165, 1.54) is 11.1 Å². The lowest BCUT2D eigenvalue weighted by molar-refractivity contribution is -0.115. The van der Waals surface area contributed by atoms with E-state index in [0.717, 1.165) is 11.4 Å². The number of amides is 1. The lowest BCUT2D eigenvalue weighted by atomic mass is 9.92. The third-order valence-corrected chi connectivity index (χ3v) is 4.18. The van der Waals surface area contributed by atoms with E-state index in [9.17, 15) is 4.79 Å². The predicted octanol–water partition coefficient (Wildman–Crippen LogP) is 4.82. The standard InChI is InChI=1S/C20H28N2O2/c1-13(2)16-8-6-9-17(14(3)4)20(16)22-19(23)12-21-15(5)18-10-7-11-24-18/h6-11,13-15,21H,12H2,1-5H3,(H,22,23)/t15-/m1/s1. The minimum Gasteiger partial charge on any atom is -0.468 e. The summed E-state index contributed by atoms with van der Waals surface area (Å²) in [5.74, 6) is 1.50. The molecule has 2 aromatic rings. The van der Waals surface area contributed by atoms with Gasteiger partial charge in [-0.25, -0.2) is 0 Å². The molecule has 0 aliphatic carbocycles. The second-order valence-electron chi connectivity index (χ2n) is 6.79. The van der Waals surface area contributed by atoms with Gasteiger partial charge in [-0.05, 0) is 42.0 Å². The van der Waals surface area contributed by atoms with Gasteiger partial charge in [0, 0.05) is 5.69 Å². The molecule has 0 aliphatic heterocycles. The van der Waals surface area contributed by atoms with Crippen LogP contribution in [-0.2, 0) is 4.79 Å². The highest BCUT2D eigenvalue weighted by Crippen LogP contribution is 2.32. The minimum absolute atomic E-state index is 0.00402. The van der Waals surface area contributed by atoms with Gasteiger partial charge in [0.15, 0.2) is 0 Å². The maximum atomic E-state index is 12.4. The maximum absolute atomic E-state index is 12.4. The van der Waals surface area contributed by atoms with Gasteiger partial charge in [0.05, 0.1) is 18.8 Å². The quantitative estimate of drug-likeness (QED) is 0.766. The van der Waals surface area contributed by atoms with E-state index in [1.807, 2.05) is 19.1 Å². The van der Waals surface area contributed by atoms with Gasteiger partial charge >= 0.3 is 0 Å². The van der Waals surface area contributed by atoms with Gasteiger partial charge in [-0.1, -0.05) is 45.9 Å². The summed E-state index contributed by atoms with van der Waals surface area (Å²) < 4.78 is 5.35. The van der Waals surface area contributed by atoms with Gasteiger partial charge in [-0.15, -0.1) is 0 Å². The zero-order valence-corrected chi connectivity index (χ0v) is 15.2. The Morgan fingerprint density at radius 1 is 1.00 bits per heavy atom. The second kappa shape index (κ2) is 8.15. The van der Waals surface area contributed by atoms with E-state index in [-0.39, 0.29) is 18.5 Å². The Labute approximate surface area is 144 Å². The van der Waals surface area contributed by atoms with Crippen molar-refractivity contribution in [3.63, 3.8) is 0 Å². The SMILES string of the molecule is CC(C)c1cccc(C(C)C)c1NC(=O)CN[C@H](C)c1ccco1. The van der Waals surface area contributed by atoms with Gasteiger partial charge in [0.1, 0.15) is 5.76 Å². The molecule has 0 saturated carbocycles. The Bertz CT molecular complexity index is 634. The zero-order valence-electron chi connectivity index (χ0n) is 15.2. The molecule has 0 radical (unpaired) electrons. The molecule has 4 nitrogen and oxygen atoms in total. The van der Waals surface area contributed by atoms with Gasteiger partial charge in [-0.3, -0.25) is 10.1 Å². The summed E-state index contributed by atoms with van der Waals surface area (Å²) in [6.07, 6.45) is 1.64. The Morgan fingerprint density at radius 3 is 2.12 bits per heavy atom. The predicted molar refractivity (Wildman–Crippen MR) is 98.4 cm³/mol. The smallest absolute Gasteiger partial charge is 0.238 e. The first-order valence-corrected chi connectivity index (χ1v) is 8.59. The summed E-state index contributed by atoms with van der Waals surface area (Å²) >= 11 is 0. The van der Waals surface area contributed by atoms with E-state index in [0.29, 0.717) is 11.8 Å². The maximum Gasteiger partial charge on any atom is 0.238 e. The third kappa shape index (κ3) is 4.48. The van der Waals surface area contributed by atoms with E-state index in [1.54, 1.807) is 6.26 Å². The van der Waals surface area contributed by atoms with Crippen LogP contribution in [-0.4, -0.2) is 12.5 Å². The monoisotopic (exact) mass is 328 g/mol. The molecule has 24 heavy (non-hydrogen) atoms. The lowest BCUT2D eigenvalue weighted by Crippen LogP contribution is -2.30. The van der Waals surface area contributed by atoms with Crippen molar-refractivity contribution in [2.24, 2.45) is 0 Å². The van der Waals surface area contributed by atoms with Crippen molar-refractivity contribution in [3.05, 3.63) is 53.5 Å². The van der Waals surface area contributed by atoms with Gasteiger partial charge in [0.25, 0.3) is 0 Å². The largest absolute Gasteiger partial charge is 0.468 e. The van der Waals surface area contributed by atoms with Crippen molar-refractivity contribution < 1.29 is 9.21 Å². The summed E-state index contributed by atoms with van der Waals surface area (Å²) in [5, 5.41) is 6.31. The first-order valence-electron chi connectivity index (χ1n) is 8.59. The number of hydrogen-bond donors (Lipinski definition) is 2. The average molecular weight is 328 g/mol. The molecule has 1 atom stereocenters. The second-order valence-corrected chi connectivity index (χ2v) is 6.79. The summed E-state index contributed by atoms with van der Waals surface area (Å²) in [6, 6.07) is 9.99. The van der Waals surface area contributed by atoms with Crippen molar-refractivity contribution in [3.8, 4) is 0 Å². The Hall–Kier alpha value is -2.07. The van der Waals surface area contributed by atoms with Crippen molar-refractivity contribution in [1.29, 1.82) is 0 Å². The molecule has 130 valence electrons. The van der Waals surface area contributed by atoms with E-state index in [4.69, 9.17) is 4.42 Å². The van der Waals surface area contributed by atoms with Crippen LogP contribution in [0, 0.1) is 0 Å². The molecule has 0 aliphatic rings. The average Bonchev–Trinajstić information content (AvgIpc) is 3.06. The first-order chi connectivity index (χ1) is 11.4. The van der Waals surface area contributed by atoms with Crippen LogP contribution in [0.4, 0.5) is 5.69 Å². The number of benzene rings is 1. The van der Waals surface area contributed by atoms with Crippen LogP contribution in [0.1, 0.15) is 69.4 Å². The Morgan fingerprint density at radius 2 is 1.62 bits per heavy atom. The fourth-order valence-electron chi connectivity index (χ4n) is 2.76. The highest BCUT2D eigenvalue weighted by molar-refractivity contribution is 5.94. The van der Waals surface area contributed by atoms with Crippen molar-refractivity contribution in [1.82, 2.24) is 5.32 Å². The highest BCUT2D eigenvalue weighted by atomic mass is 16.3.